The smallest absolute Gasteiger partial charge is 0.161 e. The minimum atomic E-state index is 0.706. The zero-order valence-electron chi connectivity index (χ0n) is 26.6. The fraction of sp³-hybridized carbons (Fsp3) is 0. The molecule has 0 N–H and O–H groups in total. The number of aromatic nitrogens is 4. The van der Waals surface area contributed by atoms with Crippen LogP contribution >= 0.6 is 22.7 Å². The maximum Gasteiger partial charge on any atom is 0.161 e. The number of nitrogens with zero attached hydrogens (tertiary/aromatic N) is 4. The molecule has 4 nitrogen and oxygen atoms in total. The first-order valence-electron chi connectivity index (χ1n) is 16.5. The average molecular weight is 675 g/mol. The molecule has 4 aromatic heterocycles. The fourth-order valence-electron chi connectivity index (χ4n) is 6.79. The molecule has 0 amide bonds. The lowest BCUT2D eigenvalue weighted by molar-refractivity contribution is 1.19. The van der Waals surface area contributed by atoms with E-state index < -0.39 is 0 Å². The van der Waals surface area contributed by atoms with Crippen LogP contribution in [0.3, 0.4) is 0 Å². The summed E-state index contributed by atoms with van der Waals surface area (Å²) in [6, 6.07) is 54.7. The molecule has 0 unspecified atom stereocenters. The van der Waals surface area contributed by atoms with E-state index in [0.29, 0.717) is 5.82 Å². The summed E-state index contributed by atoms with van der Waals surface area (Å²) < 4.78 is 4.63. The molecule has 0 bridgehead atoms. The third-order valence-electron chi connectivity index (χ3n) is 9.14. The van der Waals surface area contributed by atoms with Crippen LogP contribution in [0.25, 0.3) is 97.0 Å². The first-order valence-corrected chi connectivity index (χ1v) is 18.1. The molecule has 0 radical (unpaired) electrons. The molecule has 0 saturated heterocycles. The van der Waals surface area contributed by atoms with E-state index in [9.17, 15) is 0 Å². The Bertz CT molecular complexity index is 2800. The normalized spacial score (nSPS) is 11.6. The summed E-state index contributed by atoms with van der Waals surface area (Å²) in [4.78, 5) is 21.0. The quantitative estimate of drug-likeness (QED) is 0.182. The van der Waals surface area contributed by atoms with Crippen LogP contribution in [0.1, 0.15) is 0 Å². The van der Waals surface area contributed by atoms with Crippen molar-refractivity contribution in [2.75, 3.05) is 0 Å². The van der Waals surface area contributed by atoms with Crippen LogP contribution in [-0.2, 0) is 0 Å². The fourth-order valence-corrected chi connectivity index (χ4v) is 9.19. The van der Waals surface area contributed by atoms with Crippen LogP contribution in [0, 0.1) is 0 Å². The molecule has 0 aliphatic rings. The lowest BCUT2D eigenvalue weighted by atomic mass is 10.0. The van der Waals surface area contributed by atoms with E-state index in [2.05, 4.69) is 140 Å². The molecular weight excluding hydrogens is 649 g/mol. The molecule has 0 aliphatic carbocycles. The lowest BCUT2D eigenvalue weighted by Crippen LogP contribution is -1.96. The maximum absolute atomic E-state index is 5.32. The summed E-state index contributed by atoms with van der Waals surface area (Å²) in [7, 11) is 0. The number of rotatable bonds is 5. The lowest BCUT2D eigenvalue weighted by Gasteiger charge is -2.10. The van der Waals surface area contributed by atoms with Crippen LogP contribution in [0.15, 0.2) is 158 Å². The molecule has 50 heavy (non-hydrogen) atoms. The molecule has 4 heterocycles. The molecule has 10 aromatic rings. The largest absolute Gasteiger partial charge is 0.228 e. The Balaban J connectivity index is 1.21. The average Bonchev–Trinajstić information content (AvgIpc) is 3.77. The first kappa shape index (κ1) is 28.9. The van der Waals surface area contributed by atoms with E-state index in [1.807, 2.05) is 18.2 Å². The van der Waals surface area contributed by atoms with Gasteiger partial charge in [-0.1, -0.05) is 133 Å². The molecule has 0 fully saturated rings. The van der Waals surface area contributed by atoms with Crippen LogP contribution in [0.5, 0.6) is 0 Å². The molecule has 6 heteroatoms. The second kappa shape index (κ2) is 11.8. The highest BCUT2D eigenvalue weighted by atomic mass is 32.1. The molecule has 10 rings (SSSR count). The predicted molar refractivity (Wildman–Crippen MR) is 211 cm³/mol. The van der Waals surface area contributed by atoms with Gasteiger partial charge in [0.25, 0.3) is 0 Å². The van der Waals surface area contributed by atoms with Gasteiger partial charge in [0.15, 0.2) is 11.6 Å². The van der Waals surface area contributed by atoms with Crippen molar-refractivity contribution in [2.45, 2.75) is 0 Å². The zero-order valence-corrected chi connectivity index (χ0v) is 28.2. The van der Waals surface area contributed by atoms with Gasteiger partial charge in [-0.2, -0.15) is 0 Å². The summed E-state index contributed by atoms with van der Waals surface area (Å²) in [5, 5.41) is 3.45. The number of thiophene rings is 2. The van der Waals surface area contributed by atoms with Crippen LogP contribution < -0.4 is 0 Å². The highest BCUT2D eigenvalue weighted by Gasteiger charge is 2.21. The van der Waals surface area contributed by atoms with Gasteiger partial charge in [0.2, 0.25) is 0 Å². The van der Waals surface area contributed by atoms with Gasteiger partial charge in [-0.05, 0) is 24.3 Å². The maximum atomic E-state index is 5.32. The van der Waals surface area contributed by atoms with Gasteiger partial charge in [-0.25, -0.2) is 19.9 Å². The van der Waals surface area contributed by atoms with Crippen molar-refractivity contribution in [2.24, 2.45) is 0 Å². The van der Waals surface area contributed by atoms with Gasteiger partial charge in [-0.15, -0.1) is 22.7 Å². The van der Waals surface area contributed by atoms with Crippen molar-refractivity contribution in [3.8, 4) is 56.5 Å². The second-order valence-corrected chi connectivity index (χ2v) is 14.3. The van der Waals surface area contributed by atoms with E-state index in [0.717, 1.165) is 81.8 Å². The van der Waals surface area contributed by atoms with Crippen molar-refractivity contribution in [3.05, 3.63) is 158 Å². The monoisotopic (exact) mass is 674 g/mol. The Morgan fingerprint density at radius 3 is 1.64 bits per heavy atom. The van der Waals surface area contributed by atoms with Gasteiger partial charge in [-0.3, -0.25) is 0 Å². The second-order valence-electron chi connectivity index (χ2n) is 12.2. The summed E-state index contributed by atoms with van der Waals surface area (Å²) in [5.41, 5.74) is 8.97. The van der Waals surface area contributed by atoms with Crippen LogP contribution in [-0.4, -0.2) is 19.9 Å². The minimum absolute atomic E-state index is 0.706. The SMILES string of the molecule is c1ccc(-c2cc(-c3ccccc3)nc(-c3cccc4c3sc3cccc(-c5nc(-c6ccccc6)c6sc7ccccc7c6n5)c34)n2)cc1. The standard InChI is InChI=1S/C44H26N4S2/c1-4-14-27(15-5-1)34-26-35(28-16-6-2-7-17-28)46-44(45-34)33-23-12-21-31-38-32(22-13-25-37(38)50-41(31)33)43-47-39(29-18-8-3-9-19-29)42-40(48-43)30-20-10-11-24-36(30)49-42/h1-26H. The van der Waals surface area contributed by atoms with Gasteiger partial charge in [0, 0.05) is 58.1 Å². The van der Waals surface area contributed by atoms with E-state index in [-0.39, 0.29) is 0 Å². The van der Waals surface area contributed by atoms with Gasteiger partial charge < -0.3 is 0 Å². The van der Waals surface area contributed by atoms with Crippen molar-refractivity contribution in [3.63, 3.8) is 0 Å². The molecule has 234 valence electrons. The third kappa shape index (κ3) is 4.80. The van der Waals surface area contributed by atoms with E-state index in [1.54, 1.807) is 22.7 Å². The van der Waals surface area contributed by atoms with Crippen molar-refractivity contribution in [1.29, 1.82) is 0 Å². The molecule has 0 spiro atoms. The molecule has 0 saturated carbocycles. The van der Waals surface area contributed by atoms with E-state index in [1.165, 1.54) is 9.40 Å². The predicted octanol–water partition coefficient (Wildman–Crippen LogP) is 12.3. The number of hydrogen-bond acceptors (Lipinski definition) is 6. The Hall–Kier alpha value is -6.08. The summed E-state index contributed by atoms with van der Waals surface area (Å²) in [5.74, 6) is 1.43. The Morgan fingerprint density at radius 2 is 0.920 bits per heavy atom. The van der Waals surface area contributed by atoms with Gasteiger partial charge in [0.05, 0.1) is 27.3 Å². The van der Waals surface area contributed by atoms with Gasteiger partial charge in [0.1, 0.15) is 0 Å². The molecular formula is C44H26N4S2. The van der Waals surface area contributed by atoms with Gasteiger partial charge >= 0.3 is 0 Å². The third-order valence-corrected chi connectivity index (χ3v) is 11.5. The first-order chi connectivity index (χ1) is 24.8. The summed E-state index contributed by atoms with van der Waals surface area (Å²) in [6.45, 7) is 0. The minimum Gasteiger partial charge on any atom is -0.228 e. The van der Waals surface area contributed by atoms with Crippen molar-refractivity contribution < 1.29 is 0 Å². The molecule has 0 atom stereocenters. The molecule has 0 aliphatic heterocycles. The summed E-state index contributed by atoms with van der Waals surface area (Å²) in [6.07, 6.45) is 0. The Kier molecular flexibility index (Phi) is 6.82. The number of fused-ring (bicyclic) bond motifs is 6. The van der Waals surface area contributed by atoms with Crippen molar-refractivity contribution >= 4 is 63.1 Å². The Labute approximate surface area is 296 Å². The van der Waals surface area contributed by atoms with Crippen LogP contribution in [0.2, 0.25) is 0 Å². The number of hydrogen-bond donors (Lipinski definition) is 0. The number of benzene rings is 6. The topological polar surface area (TPSA) is 51.6 Å². The Morgan fingerprint density at radius 1 is 0.380 bits per heavy atom. The highest BCUT2D eigenvalue weighted by Crippen LogP contribution is 2.45. The summed E-state index contributed by atoms with van der Waals surface area (Å²) >= 11 is 3.53. The molecule has 6 aromatic carbocycles. The van der Waals surface area contributed by atoms with Crippen LogP contribution in [0.4, 0.5) is 0 Å². The highest BCUT2D eigenvalue weighted by molar-refractivity contribution is 7.26. The zero-order chi connectivity index (χ0) is 33.0. The van der Waals surface area contributed by atoms with Crippen molar-refractivity contribution in [1.82, 2.24) is 19.9 Å². The van der Waals surface area contributed by atoms with E-state index in [4.69, 9.17) is 19.9 Å². The van der Waals surface area contributed by atoms with E-state index >= 15 is 0 Å².